The van der Waals surface area contributed by atoms with E-state index in [1.807, 2.05) is 35.0 Å². The predicted octanol–water partition coefficient (Wildman–Crippen LogP) is -1.08. The molecule has 0 aliphatic heterocycles. The van der Waals surface area contributed by atoms with E-state index in [0.717, 1.165) is 0 Å². The zero-order valence-electron chi connectivity index (χ0n) is 9.62. The molecule has 0 aliphatic rings. The highest BCUT2D eigenvalue weighted by Crippen LogP contribution is 2.48. The second-order valence-electron chi connectivity index (χ2n) is 3.88. The van der Waals surface area contributed by atoms with Crippen molar-refractivity contribution < 1.29 is 42.1 Å². The van der Waals surface area contributed by atoms with Crippen molar-refractivity contribution in [2.24, 2.45) is 0 Å². The summed E-state index contributed by atoms with van der Waals surface area (Å²) in [7, 11) is 3.02. The first kappa shape index (κ1) is 17.2. The Balaban J connectivity index is 0. The molecule has 0 saturated heterocycles. The molecule has 0 aliphatic carbocycles. The molecule has 0 aromatic carbocycles. The third kappa shape index (κ3) is 8.17. The Morgan fingerprint density at radius 3 is 1.64 bits per heavy atom. The van der Waals surface area contributed by atoms with Gasteiger partial charge in [-0.05, 0) is 13.8 Å². The summed E-state index contributed by atoms with van der Waals surface area (Å²) >= 11 is 0. The van der Waals surface area contributed by atoms with Crippen LogP contribution in [0.1, 0.15) is 13.8 Å². The number of quaternary nitrogens is 1. The van der Waals surface area contributed by atoms with Crippen molar-refractivity contribution in [3.63, 3.8) is 0 Å². The SMILES string of the molecule is CCOP(=O)(C[N+](C)(C)C)OCC.[I-]. The van der Waals surface area contributed by atoms with Crippen LogP contribution in [0.3, 0.4) is 0 Å². The summed E-state index contributed by atoms with van der Waals surface area (Å²) < 4.78 is 22.9. The molecule has 0 saturated carbocycles. The van der Waals surface area contributed by atoms with E-state index in [-0.39, 0.29) is 24.0 Å². The molecule has 4 nitrogen and oxygen atoms in total. The zero-order valence-corrected chi connectivity index (χ0v) is 12.7. The van der Waals surface area contributed by atoms with Crippen molar-refractivity contribution in [1.29, 1.82) is 0 Å². The highest BCUT2D eigenvalue weighted by atomic mass is 127. The summed E-state index contributed by atoms with van der Waals surface area (Å²) in [5.41, 5.74) is 0. The van der Waals surface area contributed by atoms with Gasteiger partial charge in [-0.15, -0.1) is 0 Å². The molecule has 0 unspecified atom stereocenters. The number of nitrogens with zero attached hydrogens (tertiary/aromatic N) is 1. The van der Waals surface area contributed by atoms with Crippen molar-refractivity contribution in [3.05, 3.63) is 0 Å². The van der Waals surface area contributed by atoms with Gasteiger partial charge in [0.15, 0.2) is 6.29 Å². The summed E-state index contributed by atoms with van der Waals surface area (Å²) in [5, 5.41) is 0. The number of rotatable bonds is 6. The number of hydrogen-bond donors (Lipinski definition) is 0. The van der Waals surface area contributed by atoms with E-state index in [1.165, 1.54) is 0 Å². The molecule has 0 aromatic rings. The standard InChI is InChI=1S/C8H21NO3P.HI/c1-6-11-13(10,12-7-2)8-9(3,4)5;/h6-8H2,1-5H3;1H/q+1;/p-1. The molecule has 14 heavy (non-hydrogen) atoms. The van der Waals surface area contributed by atoms with Crippen LogP contribution in [0.15, 0.2) is 0 Å². The molecule has 0 aromatic heterocycles. The average Bonchev–Trinajstić information content (AvgIpc) is 1.82. The van der Waals surface area contributed by atoms with Crippen LogP contribution in [0.25, 0.3) is 0 Å². The summed E-state index contributed by atoms with van der Waals surface area (Å²) in [4.78, 5) is 0. The highest BCUT2D eigenvalue weighted by Gasteiger charge is 2.31. The Kier molecular flexibility index (Phi) is 8.83. The number of halogens is 1. The lowest BCUT2D eigenvalue weighted by molar-refractivity contribution is -0.859. The molecular formula is C8H21INO3P. The topological polar surface area (TPSA) is 35.5 Å². The van der Waals surface area contributed by atoms with E-state index in [1.54, 1.807) is 0 Å². The van der Waals surface area contributed by atoms with Crippen molar-refractivity contribution in [1.82, 2.24) is 0 Å². The summed E-state index contributed by atoms with van der Waals surface area (Å²) in [6, 6.07) is 0. The molecule has 0 bridgehead atoms. The largest absolute Gasteiger partial charge is 1.00 e. The maximum atomic E-state index is 12.0. The smallest absolute Gasteiger partial charge is 0.384 e. The molecule has 0 radical (unpaired) electrons. The van der Waals surface area contributed by atoms with Crippen LogP contribution in [0.5, 0.6) is 0 Å². The van der Waals surface area contributed by atoms with E-state index in [0.29, 0.717) is 24.0 Å². The lowest BCUT2D eigenvalue weighted by Crippen LogP contribution is -3.00. The minimum absolute atomic E-state index is 0. The van der Waals surface area contributed by atoms with Crippen LogP contribution in [0.4, 0.5) is 0 Å². The number of hydrogen-bond acceptors (Lipinski definition) is 3. The second-order valence-corrected chi connectivity index (χ2v) is 5.90. The van der Waals surface area contributed by atoms with Crippen LogP contribution < -0.4 is 24.0 Å². The third-order valence-electron chi connectivity index (χ3n) is 1.25. The van der Waals surface area contributed by atoms with Crippen LogP contribution >= 0.6 is 7.60 Å². The van der Waals surface area contributed by atoms with E-state index in [9.17, 15) is 4.57 Å². The van der Waals surface area contributed by atoms with Gasteiger partial charge in [-0.25, -0.2) is 0 Å². The molecule has 88 valence electrons. The average molecular weight is 337 g/mol. The molecule has 0 atom stereocenters. The predicted molar refractivity (Wildman–Crippen MR) is 53.8 cm³/mol. The molecule has 0 N–H and O–H groups in total. The second kappa shape index (κ2) is 7.17. The highest BCUT2D eigenvalue weighted by molar-refractivity contribution is 7.53. The Morgan fingerprint density at radius 1 is 1.07 bits per heavy atom. The fourth-order valence-electron chi connectivity index (χ4n) is 1.03. The maximum absolute atomic E-state index is 12.0. The van der Waals surface area contributed by atoms with Crippen LogP contribution in [-0.2, 0) is 13.6 Å². The third-order valence-corrected chi connectivity index (χ3v) is 3.75. The molecule has 0 fully saturated rings. The van der Waals surface area contributed by atoms with Gasteiger partial charge in [0.05, 0.1) is 34.4 Å². The Bertz CT molecular complexity index is 184. The lowest BCUT2D eigenvalue weighted by Gasteiger charge is -2.27. The van der Waals surface area contributed by atoms with E-state index in [2.05, 4.69) is 0 Å². The van der Waals surface area contributed by atoms with Crippen molar-refractivity contribution in [3.8, 4) is 0 Å². The summed E-state index contributed by atoms with van der Waals surface area (Å²) in [6.07, 6.45) is 0.411. The van der Waals surface area contributed by atoms with Gasteiger partial charge in [0.25, 0.3) is 0 Å². The quantitative estimate of drug-likeness (QED) is 0.352. The van der Waals surface area contributed by atoms with Crippen molar-refractivity contribution in [2.45, 2.75) is 13.8 Å². The molecule has 0 amide bonds. The van der Waals surface area contributed by atoms with Gasteiger partial charge in [-0.2, -0.15) is 0 Å². The fourth-order valence-corrected chi connectivity index (χ4v) is 3.10. The van der Waals surface area contributed by atoms with Crippen molar-refractivity contribution in [2.75, 3.05) is 40.6 Å². The van der Waals surface area contributed by atoms with Crippen molar-refractivity contribution >= 4 is 7.60 Å². The zero-order chi connectivity index (χ0) is 10.5. The summed E-state index contributed by atoms with van der Waals surface area (Å²) in [5.74, 6) is 0. The fraction of sp³-hybridized carbons (Fsp3) is 1.00. The van der Waals surface area contributed by atoms with Crippen LogP contribution in [0.2, 0.25) is 0 Å². The van der Waals surface area contributed by atoms with Crippen LogP contribution in [-0.4, -0.2) is 45.1 Å². The Labute approximate surface area is 104 Å². The van der Waals surface area contributed by atoms with E-state index in [4.69, 9.17) is 9.05 Å². The molecule has 0 rings (SSSR count). The molecule has 0 heterocycles. The van der Waals surface area contributed by atoms with Gasteiger partial charge in [-0.3, -0.25) is 4.57 Å². The van der Waals surface area contributed by atoms with Gasteiger partial charge in [-0.1, -0.05) is 0 Å². The first-order valence-corrected chi connectivity index (χ1v) is 6.24. The Hall–Kier alpha value is 0.840. The van der Waals surface area contributed by atoms with Crippen LogP contribution in [0, 0.1) is 0 Å². The molecule has 6 heteroatoms. The normalized spacial score (nSPS) is 12.4. The van der Waals surface area contributed by atoms with Gasteiger partial charge in [0.2, 0.25) is 0 Å². The van der Waals surface area contributed by atoms with E-state index >= 15 is 0 Å². The first-order chi connectivity index (χ1) is 5.83. The van der Waals surface area contributed by atoms with Gasteiger partial charge >= 0.3 is 7.60 Å². The monoisotopic (exact) mass is 337 g/mol. The van der Waals surface area contributed by atoms with E-state index < -0.39 is 7.60 Å². The van der Waals surface area contributed by atoms with Gasteiger partial charge in [0, 0.05) is 0 Å². The minimum Gasteiger partial charge on any atom is -1.00 e. The van der Waals surface area contributed by atoms with Gasteiger partial charge < -0.3 is 37.5 Å². The summed E-state index contributed by atoms with van der Waals surface area (Å²) in [6.45, 7) is 4.50. The van der Waals surface area contributed by atoms with Gasteiger partial charge in [0.1, 0.15) is 0 Å². The molecule has 0 spiro atoms. The maximum Gasteiger partial charge on any atom is 0.384 e. The molecular weight excluding hydrogens is 316 g/mol. The lowest BCUT2D eigenvalue weighted by atomic mass is 10.8. The minimum atomic E-state index is -2.87. The first-order valence-electron chi connectivity index (χ1n) is 4.51. The Morgan fingerprint density at radius 2 is 1.43 bits per heavy atom.